The minimum absolute atomic E-state index is 0.0127. The number of carbonyl (C=O) groups is 1. The molecule has 0 fully saturated rings. The van der Waals surface area contributed by atoms with E-state index >= 15 is 0 Å². The topological polar surface area (TPSA) is 30.0 Å². The van der Waals surface area contributed by atoms with E-state index in [9.17, 15) is 9.18 Å². The van der Waals surface area contributed by atoms with Gasteiger partial charge >= 0.3 is 0 Å². The molecular formula is C13H10Cl2FNOS. The summed E-state index contributed by atoms with van der Waals surface area (Å²) in [6.45, 7) is 3.52. The van der Waals surface area contributed by atoms with Crippen molar-refractivity contribution in [2.75, 3.05) is 0 Å². The van der Waals surface area contributed by atoms with Gasteiger partial charge in [0.25, 0.3) is 0 Å². The molecule has 0 spiro atoms. The van der Waals surface area contributed by atoms with Gasteiger partial charge in [-0.1, -0.05) is 49.2 Å². The Morgan fingerprint density at radius 3 is 2.68 bits per heavy atom. The number of carbonyl (C=O) groups excluding carboxylic acids is 1. The van der Waals surface area contributed by atoms with Gasteiger partial charge < -0.3 is 0 Å². The lowest BCUT2D eigenvalue weighted by Gasteiger charge is -2.03. The van der Waals surface area contributed by atoms with Crippen molar-refractivity contribution in [3.8, 4) is 10.4 Å². The number of hydrogen-bond donors (Lipinski definition) is 0. The zero-order valence-corrected chi connectivity index (χ0v) is 12.5. The fourth-order valence-corrected chi connectivity index (χ4v) is 2.91. The molecule has 0 aliphatic heterocycles. The van der Waals surface area contributed by atoms with E-state index in [0.29, 0.717) is 4.88 Å². The monoisotopic (exact) mass is 317 g/mol. The highest BCUT2D eigenvalue weighted by Crippen LogP contribution is 2.38. The predicted octanol–water partition coefficient (Wildman–Crippen LogP) is 5.09. The molecule has 6 heteroatoms. The molecule has 100 valence electrons. The van der Waals surface area contributed by atoms with Gasteiger partial charge in [0.05, 0.1) is 14.9 Å². The third kappa shape index (κ3) is 2.66. The smallest absolute Gasteiger partial charge is 0.186 e. The van der Waals surface area contributed by atoms with Gasteiger partial charge in [0, 0.05) is 11.5 Å². The molecule has 0 atom stereocenters. The largest absolute Gasteiger partial charge is 0.292 e. The molecule has 0 N–H and O–H groups in total. The third-order valence-electron chi connectivity index (χ3n) is 2.59. The number of halogens is 3. The summed E-state index contributed by atoms with van der Waals surface area (Å²) in [5, 5.41) is 0.198. The first kappa shape index (κ1) is 14.4. The first-order chi connectivity index (χ1) is 8.93. The van der Waals surface area contributed by atoms with Crippen LogP contribution in [-0.2, 0) is 0 Å². The van der Waals surface area contributed by atoms with Crippen molar-refractivity contribution in [3.05, 3.63) is 39.8 Å². The Morgan fingerprint density at radius 2 is 2.05 bits per heavy atom. The normalized spacial score (nSPS) is 11.1. The Bertz CT molecular complexity index is 640. The van der Waals surface area contributed by atoms with Gasteiger partial charge in [-0.15, -0.1) is 0 Å². The van der Waals surface area contributed by atoms with E-state index in [-0.39, 0.29) is 33.0 Å². The highest BCUT2D eigenvalue weighted by Gasteiger charge is 2.23. The number of benzene rings is 1. The summed E-state index contributed by atoms with van der Waals surface area (Å²) < 4.78 is 18.0. The van der Waals surface area contributed by atoms with Crippen LogP contribution in [-0.4, -0.2) is 10.2 Å². The number of ketones is 1. The highest BCUT2D eigenvalue weighted by atomic mass is 35.5. The molecule has 2 nitrogen and oxygen atoms in total. The molecular weight excluding hydrogens is 308 g/mol. The van der Waals surface area contributed by atoms with Crippen LogP contribution >= 0.6 is 34.7 Å². The minimum atomic E-state index is -0.557. The van der Waals surface area contributed by atoms with Crippen molar-refractivity contribution >= 4 is 40.5 Å². The zero-order valence-electron chi connectivity index (χ0n) is 10.2. The maximum absolute atomic E-state index is 13.9. The summed E-state index contributed by atoms with van der Waals surface area (Å²) >= 11 is 12.9. The van der Waals surface area contributed by atoms with Crippen molar-refractivity contribution in [2.24, 2.45) is 5.92 Å². The lowest BCUT2D eigenvalue weighted by Crippen LogP contribution is -2.08. The van der Waals surface area contributed by atoms with E-state index in [2.05, 4.69) is 4.37 Å². The molecule has 1 aromatic carbocycles. The van der Waals surface area contributed by atoms with Crippen molar-refractivity contribution in [3.63, 3.8) is 0 Å². The van der Waals surface area contributed by atoms with Gasteiger partial charge in [-0.3, -0.25) is 4.79 Å². The van der Waals surface area contributed by atoms with Crippen molar-refractivity contribution in [1.82, 2.24) is 4.37 Å². The van der Waals surface area contributed by atoms with Crippen molar-refractivity contribution < 1.29 is 9.18 Å². The van der Waals surface area contributed by atoms with Crippen LogP contribution in [0.4, 0.5) is 4.39 Å². The Hall–Kier alpha value is -0.970. The maximum Gasteiger partial charge on any atom is 0.186 e. The van der Waals surface area contributed by atoms with Crippen LogP contribution in [0.2, 0.25) is 10.0 Å². The van der Waals surface area contributed by atoms with Crippen LogP contribution in [0.25, 0.3) is 10.4 Å². The van der Waals surface area contributed by atoms with Gasteiger partial charge in [-0.2, -0.15) is 4.37 Å². The van der Waals surface area contributed by atoms with Crippen LogP contribution in [0.15, 0.2) is 18.2 Å². The lowest BCUT2D eigenvalue weighted by molar-refractivity contribution is 0.0935. The highest BCUT2D eigenvalue weighted by molar-refractivity contribution is 7.10. The average molecular weight is 318 g/mol. The molecule has 0 bridgehead atoms. The van der Waals surface area contributed by atoms with E-state index < -0.39 is 5.82 Å². The van der Waals surface area contributed by atoms with E-state index in [4.69, 9.17) is 23.2 Å². The van der Waals surface area contributed by atoms with Crippen LogP contribution in [0, 0.1) is 11.7 Å². The average Bonchev–Trinajstić information content (AvgIpc) is 2.73. The summed E-state index contributed by atoms with van der Waals surface area (Å²) in [6.07, 6.45) is 0. The standard InChI is InChI=1S/C13H10Cl2FNOS/c1-6(2)12(18)11-9(15)13(19-17-11)7-4-3-5-8(14)10(7)16/h3-6H,1-2H3. The molecule has 2 rings (SSSR count). The third-order valence-corrected chi connectivity index (χ3v) is 4.24. The summed E-state index contributed by atoms with van der Waals surface area (Å²) in [7, 11) is 0. The molecule has 19 heavy (non-hydrogen) atoms. The van der Waals surface area contributed by atoms with Gasteiger partial charge in [0.2, 0.25) is 0 Å². The fraction of sp³-hybridized carbons (Fsp3) is 0.231. The second-order valence-corrected chi connectivity index (χ2v) is 5.85. The first-order valence-corrected chi connectivity index (χ1v) is 7.10. The Kier molecular flexibility index (Phi) is 4.23. The summed E-state index contributed by atoms with van der Waals surface area (Å²) in [5.74, 6) is -0.926. The number of rotatable bonds is 3. The summed E-state index contributed by atoms with van der Waals surface area (Å²) in [5.41, 5.74) is 0.453. The zero-order chi connectivity index (χ0) is 14.2. The van der Waals surface area contributed by atoms with Crippen LogP contribution in [0.3, 0.4) is 0 Å². The Labute approximate surface area is 124 Å². The van der Waals surface area contributed by atoms with Crippen LogP contribution in [0.1, 0.15) is 24.3 Å². The van der Waals surface area contributed by atoms with Gasteiger partial charge in [0.15, 0.2) is 11.6 Å². The summed E-state index contributed by atoms with van der Waals surface area (Å²) in [4.78, 5) is 12.3. The number of aromatic nitrogens is 1. The van der Waals surface area contributed by atoms with Crippen molar-refractivity contribution in [1.29, 1.82) is 0 Å². The molecule has 1 aromatic heterocycles. The number of hydrogen-bond acceptors (Lipinski definition) is 3. The SMILES string of the molecule is CC(C)C(=O)c1nsc(-c2cccc(Cl)c2F)c1Cl. The van der Waals surface area contributed by atoms with E-state index in [0.717, 1.165) is 11.5 Å². The molecule has 0 saturated carbocycles. The molecule has 0 aliphatic rings. The maximum atomic E-state index is 13.9. The molecule has 1 heterocycles. The number of nitrogens with zero attached hydrogens (tertiary/aromatic N) is 1. The molecule has 0 aliphatic carbocycles. The van der Waals surface area contributed by atoms with Gasteiger partial charge in [-0.25, -0.2) is 4.39 Å². The fourth-order valence-electron chi connectivity index (χ4n) is 1.55. The predicted molar refractivity (Wildman–Crippen MR) is 76.7 cm³/mol. The van der Waals surface area contributed by atoms with Crippen LogP contribution in [0.5, 0.6) is 0 Å². The van der Waals surface area contributed by atoms with Crippen LogP contribution < -0.4 is 0 Å². The molecule has 0 unspecified atom stereocenters. The molecule has 2 aromatic rings. The Balaban J connectivity index is 2.54. The number of Topliss-reactive ketones (excluding diaryl/α,β-unsaturated/α-hetero) is 1. The second kappa shape index (κ2) is 5.57. The lowest BCUT2D eigenvalue weighted by atomic mass is 10.1. The molecule has 0 saturated heterocycles. The first-order valence-electron chi connectivity index (χ1n) is 5.57. The van der Waals surface area contributed by atoms with E-state index in [1.807, 2.05) is 0 Å². The summed E-state index contributed by atoms with van der Waals surface area (Å²) in [6, 6.07) is 4.64. The Morgan fingerprint density at radius 1 is 1.37 bits per heavy atom. The minimum Gasteiger partial charge on any atom is -0.292 e. The van der Waals surface area contributed by atoms with Gasteiger partial charge in [0.1, 0.15) is 5.69 Å². The van der Waals surface area contributed by atoms with E-state index in [1.54, 1.807) is 26.0 Å². The molecule has 0 amide bonds. The molecule has 0 radical (unpaired) electrons. The quantitative estimate of drug-likeness (QED) is 0.737. The van der Waals surface area contributed by atoms with E-state index in [1.165, 1.54) is 6.07 Å². The second-order valence-electron chi connectivity index (χ2n) is 4.29. The van der Waals surface area contributed by atoms with Gasteiger partial charge in [-0.05, 0) is 17.6 Å². The van der Waals surface area contributed by atoms with Crippen molar-refractivity contribution in [2.45, 2.75) is 13.8 Å².